The molecule has 3 unspecified atom stereocenters. The van der Waals surface area contributed by atoms with Crippen LogP contribution in [-0.2, 0) is 17.6 Å². The Hall–Kier alpha value is -2.66. The van der Waals surface area contributed by atoms with Gasteiger partial charge in [0.05, 0.1) is 5.92 Å². The fourth-order valence-corrected chi connectivity index (χ4v) is 4.44. The van der Waals surface area contributed by atoms with E-state index >= 15 is 0 Å². The number of aryl methyl sites for hydroxylation is 1. The summed E-state index contributed by atoms with van der Waals surface area (Å²) in [4.78, 5) is 17.2. The molecule has 26 heavy (non-hydrogen) atoms. The number of nitrogens with zero attached hydrogens (tertiary/aromatic N) is 2. The molecule has 1 aromatic heterocycles. The van der Waals surface area contributed by atoms with Gasteiger partial charge in [-0.15, -0.1) is 0 Å². The van der Waals surface area contributed by atoms with Crippen molar-refractivity contribution in [2.45, 2.75) is 31.3 Å². The molecule has 3 heterocycles. The van der Waals surface area contributed by atoms with Crippen LogP contribution >= 0.6 is 0 Å². The maximum atomic E-state index is 12.7. The van der Waals surface area contributed by atoms with Crippen LogP contribution in [0.25, 0.3) is 0 Å². The van der Waals surface area contributed by atoms with Gasteiger partial charge in [0.1, 0.15) is 6.17 Å². The average Bonchev–Trinajstić information content (AvgIpc) is 3.13. The van der Waals surface area contributed by atoms with Gasteiger partial charge in [0.25, 0.3) is 5.91 Å². The Morgan fingerprint density at radius 2 is 1.92 bits per heavy atom. The molecule has 0 saturated carbocycles. The molecule has 0 radical (unpaired) electrons. The normalized spacial score (nSPS) is 27.4. The third-order valence-electron chi connectivity index (χ3n) is 5.83. The summed E-state index contributed by atoms with van der Waals surface area (Å²) in [5.74, 6) is 0.571. The Morgan fingerprint density at radius 1 is 1.08 bits per heavy atom. The molecule has 1 amide bonds. The van der Waals surface area contributed by atoms with Gasteiger partial charge >= 0.3 is 0 Å². The lowest BCUT2D eigenvalue weighted by Gasteiger charge is -2.37. The highest BCUT2D eigenvalue weighted by Gasteiger charge is 2.42. The quantitative estimate of drug-likeness (QED) is 0.875. The summed E-state index contributed by atoms with van der Waals surface area (Å²) < 4.78 is 0. The van der Waals surface area contributed by atoms with E-state index in [1.165, 1.54) is 11.1 Å². The molecule has 5 heteroatoms. The monoisotopic (exact) mass is 346 g/mol. The van der Waals surface area contributed by atoms with E-state index in [0.29, 0.717) is 5.92 Å². The number of rotatable bonds is 2. The predicted molar refractivity (Wildman–Crippen MR) is 98.8 cm³/mol. The molecule has 1 fully saturated rings. The van der Waals surface area contributed by atoms with Crippen LogP contribution in [0.3, 0.4) is 0 Å². The molecule has 2 N–H and O–H groups in total. The van der Waals surface area contributed by atoms with E-state index in [1.54, 1.807) is 11.1 Å². The molecular formula is C21H22N4O. The van der Waals surface area contributed by atoms with Crippen LogP contribution in [0.2, 0.25) is 0 Å². The van der Waals surface area contributed by atoms with Crippen LogP contribution in [-0.4, -0.2) is 28.6 Å². The smallest absolute Gasteiger partial charge is 0.264 e. The summed E-state index contributed by atoms with van der Waals surface area (Å²) in [6.07, 6.45) is 6.67. The third kappa shape index (κ3) is 2.59. The number of allylic oxidation sites excluding steroid dienone is 1. The molecular weight excluding hydrogens is 324 g/mol. The second kappa shape index (κ2) is 6.25. The van der Waals surface area contributed by atoms with E-state index in [9.17, 15) is 4.79 Å². The average molecular weight is 346 g/mol. The molecule has 0 bridgehead atoms. The second-order valence-corrected chi connectivity index (χ2v) is 7.33. The summed E-state index contributed by atoms with van der Waals surface area (Å²) in [6.45, 7) is 0.717. The van der Waals surface area contributed by atoms with E-state index in [1.807, 2.05) is 24.4 Å². The van der Waals surface area contributed by atoms with Crippen LogP contribution in [0.1, 0.15) is 29.2 Å². The molecule has 1 aliphatic carbocycles. The number of hydrazine groups is 1. The maximum Gasteiger partial charge on any atom is 0.264 e. The highest BCUT2D eigenvalue weighted by molar-refractivity contribution is 5.89. The number of fused-ring (bicyclic) bond motifs is 2. The van der Waals surface area contributed by atoms with E-state index in [4.69, 9.17) is 0 Å². The number of carbonyl (C=O) groups is 1. The van der Waals surface area contributed by atoms with Crippen molar-refractivity contribution >= 4 is 5.91 Å². The molecule has 5 nitrogen and oxygen atoms in total. The van der Waals surface area contributed by atoms with E-state index in [-0.39, 0.29) is 18.0 Å². The van der Waals surface area contributed by atoms with Crippen LogP contribution < -0.4 is 10.7 Å². The third-order valence-corrected chi connectivity index (χ3v) is 5.83. The summed E-state index contributed by atoms with van der Waals surface area (Å²) in [6, 6.07) is 14.6. The first-order valence-electron chi connectivity index (χ1n) is 9.32. The van der Waals surface area contributed by atoms with Crippen molar-refractivity contribution in [1.82, 2.24) is 20.7 Å². The number of aromatic nitrogens is 1. The van der Waals surface area contributed by atoms with Gasteiger partial charge in [0, 0.05) is 36.1 Å². The van der Waals surface area contributed by atoms with Gasteiger partial charge in [0.15, 0.2) is 0 Å². The Labute approximate surface area is 153 Å². The Kier molecular flexibility index (Phi) is 3.75. The highest BCUT2D eigenvalue weighted by atomic mass is 16.2. The SMILES string of the molecule is O=C1C=C(C2CCc3ccccc3C2)NC2C(c3ccccn3)CNN12. The van der Waals surface area contributed by atoms with E-state index in [2.05, 4.69) is 40.0 Å². The largest absolute Gasteiger partial charge is 0.366 e. The zero-order valence-corrected chi connectivity index (χ0v) is 14.6. The van der Waals surface area contributed by atoms with Gasteiger partial charge in [-0.2, -0.15) is 0 Å². The molecule has 2 aromatic rings. The number of hydrogen-bond donors (Lipinski definition) is 2. The summed E-state index contributed by atoms with van der Waals surface area (Å²) in [7, 11) is 0. The first-order chi connectivity index (χ1) is 12.8. The minimum atomic E-state index is -0.0745. The Balaban J connectivity index is 1.40. The van der Waals surface area contributed by atoms with E-state index in [0.717, 1.165) is 37.2 Å². The zero-order valence-electron chi connectivity index (χ0n) is 14.6. The van der Waals surface area contributed by atoms with Crippen molar-refractivity contribution in [3.05, 3.63) is 77.3 Å². The topological polar surface area (TPSA) is 57.3 Å². The molecule has 1 aromatic carbocycles. The minimum Gasteiger partial charge on any atom is -0.366 e. The highest BCUT2D eigenvalue weighted by Crippen LogP contribution is 2.33. The van der Waals surface area contributed by atoms with Crippen molar-refractivity contribution in [3.8, 4) is 0 Å². The molecule has 0 spiro atoms. The van der Waals surface area contributed by atoms with Crippen LogP contribution in [0.5, 0.6) is 0 Å². The van der Waals surface area contributed by atoms with Gasteiger partial charge in [0.2, 0.25) is 0 Å². The number of benzene rings is 1. The number of hydrogen-bond acceptors (Lipinski definition) is 4. The lowest BCUT2D eigenvalue weighted by molar-refractivity contribution is -0.131. The summed E-state index contributed by atoms with van der Waals surface area (Å²) in [5.41, 5.74) is 8.18. The van der Waals surface area contributed by atoms with E-state index < -0.39 is 0 Å². The van der Waals surface area contributed by atoms with Gasteiger partial charge in [-0.25, -0.2) is 5.43 Å². The van der Waals surface area contributed by atoms with Gasteiger partial charge < -0.3 is 5.32 Å². The van der Waals surface area contributed by atoms with Crippen LogP contribution in [0.15, 0.2) is 60.4 Å². The van der Waals surface area contributed by atoms with Crippen LogP contribution in [0, 0.1) is 5.92 Å². The van der Waals surface area contributed by atoms with Gasteiger partial charge in [-0.3, -0.25) is 14.8 Å². The predicted octanol–water partition coefficient (Wildman–Crippen LogP) is 2.13. The molecule has 5 rings (SSSR count). The summed E-state index contributed by atoms with van der Waals surface area (Å²) >= 11 is 0. The first kappa shape index (κ1) is 15.6. The zero-order chi connectivity index (χ0) is 17.5. The summed E-state index contributed by atoms with van der Waals surface area (Å²) in [5, 5.41) is 5.38. The number of carbonyl (C=O) groups excluding carboxylic acids is 1. The maximum absolute atomic E-state index is 12.7. The number of amides is 1. The van der Waals surface area contributed by atoms with Crippen molar-refractivity contribution in [3.63, 3.8) is 0 Å². The van der Waals surface area contributed by atoms with Crippen molar-refractivity contribution in [1.29, 1.82) is 0 Å². The van der Waals surface area contributed by atoms with Crippen molar-refractivity contribution in [2.75, 3.05) is 6.54 Å². The minimum absolute atomic E-state index is 0.0426. The lowest BCUT2D eigenvalue weighted by atomic mass is 9.81. The number of nitrogens with one attached hydrogen (secondary N) is 2. The van der Waals surface area contributed by atoms with Crippen molar-refractivity contribution < 1.29 is 4.79 Å². The molecule has 1 saturated heterocycles. The van der Waals surface area contributed by atoms with Crippen molar-refractivity contribution in [2.24, 2.45) is 5.92 Å². The number of pyridine rings is 1. The Morgan fingerprint density at radius 3 is 2.77 bits per heavy atom. The second-order valence-electron chi connectivity index (χ2n) is 7.33. The molecule has 3 aliphatic rings. The standard InChI is InChI=1S/C21H22N4O/c26-20-12-19(16-9-8-14-5-1-2-6-15(14)11-16)24-21-17(13-23-25(20)21)18-7-3-4-10-22-18/h1-7,10,12,16-17,21,23-24H,8-9,11,13H2. The lowest BCUT2D eigenvalue weighted by Crippen LogP contribution is -2.54. The first-order valence-corrected chi connectivity index (χ1v) is 9.32. The molecule has 2 aliphatic heterocycles. The fraction of sp³-hybridized carbons (Fsp3) is 0.333. The van der Waals surface area contributed by atoms with Gasteiger partial charge in [-0.05, 0) is 42.5 Å². The molecule has 132 valence electrons. The molecule has 3 atom stereocenters. The fourth-order valence-electron chi connectivity index (χ4n) is 4.44. The van der Waals surface area contributed by atoms with Crippen LogP contribution in [0.4, 0.5) is 0 Å². The van der Waals surface area contributed by atoms with Gasteiger partial charge in [-0.1, -0.05) is 30.3 Å². The Bertz CT molecular complexity index is 863.